The lowest BCUT2D eigenvalue weighted by molar-refractivity contribution is -0.142. The van der Waals surface area contributed by atoms with Crippen LogP contribution in [-0.4, -0.2) is 16.6 Å². The van der Waals surface area contributed by atoms with Crippen LogP contribution in [-0.2, 0) is 11.2 Å². The molecule has 0 bridgehead atoms. The van der Waals surface area contributed by atoms with Gasteiger partial charge in [-0.05, 0) is 25.0 Å². The van der Waals surface area contributed by atoms with Crippen molar-refractivity contribution in [1.82, 2.24) is 0 Å². The molecule has 1 rings (SSSR count). The highest BCUT2D eigenvalue weighted by Gasteiger charge is 2.28. The van der Waals surface area contributed by atoms with Crippen LogP contribution in [0.25, 0.3) is 0 Å². The standard InChI is InChI=1S/C11H15NO2/c1-8-5-3-4-6-9(8)7-11(2,12)10(13)14/h3-6H,7,12H2,1-2H3,(H,13,14)/t11-/m1/s1. The molecule has 0 aromatic heterocycles. The van der Waals surface area contributed by atoms with Gasteiger partial charge in [0.15, 0.2) is 0 Å². The van der Waals surface area contributed by atoms with E-state index in [2.05, 4.69) is 0 Å². The molecule has 0 amide bonds. The molecule has 0 unspecified atom stereocenters. The van der Waals surface area contributed by atoms with E-state index < -0.39 is 11.5 Å². The number of carboxylic acid groups (broad SMARTS) is 1. The van der Waals surface area contributed by atoms with Gasteiger partial charge in [0, 0.05) is 6.42 Å². The Morgan fingerprint density at radius 2 is 2.07 bits per heavy atom. The van der Waals surface area contributed by atoms with E-state index in [1.807, 2.05) is 31.2 Å². The minimum absolute atomic E-state index is 0.356. The molecule has 0 spiro atoms. The van der Waals surface area contributed by atoms with Crippen LogP contribution in [0.15, 0.2) is 24.3 Å². The second-order valence-electron chi connectivity index (χ2n) is 3.83. The molecule has 0 radical (unpaired) electrons. The van der Waals surface area contributed by atoms with Crippen molar-refractivity contribution < 1.29 is 9.90 Å². The fraction of sp³-hybridized carbons (Fsp3) is 0.364. The summed E-state index contributed by atoms with van der Waals surface area (Å²) in [7, 11) is 0. The summed E-state index contributed by atoms with van der Waals surface area (Å²) < 4.78 is 0. The number of aryl methyl sites for hydroxylation is 1. The van der Waals surface area contributed by atoms with Gasteiger partial charge in [-0.25, -0.2) is 0 Å². The Morgan fingerprint density at radius 1 is 1.50 bits per heavy atom. The Balaban J connectivity index is 2.89. The van der Waals surface area contributed by atoms with Crippen molar-refractivity contribution in [3.05, 3.63) is 35.4 Å². The maximum absolute atomic E-state index is 10.8. The average Bonchev–Trinajstić information content (AvgIpc) is 2.08. The molecule has 3 nitrogen and oxygen atoms in total. The quantitative estimate of drug-likeness (QED) is 0.761. The first kappa shape index (κ1) is 10.7. The molecule has 3 heteroatoms. The molecule has 0 fully saturated rings. The van der Waals surface area contributed by atoms with Crippen molar-refractivity contribution in [2.24, 2.45) is 5.73 Å². The molecule has 0 heterocycles. The van der Waals surface area contributed by atoms with Gasteiger partial charge in [-0.2, -0.15) is 0 Å². The lowest BCUT2D eigenvalue weighted by Gasteiger charge is -2.20. The van der Waals surface area contributed by atoms with E-state index in [-0.39, 0.29) is 0 Å². The van der Waals surface area contributed by atoms with Crippen LogP contribution in [0.3, 0.4) is 0 Å². The summed E-state index contributed by atoms with van der Waals surface area (Å²) in [5.74, 6) is -0.972. The normalized spacial score (nSPS) is 14.8. The number of carbonyl (C=O) groups is 1. The van der Waals surface area contributed by atoms with Crippen LogP contribution in [0.5, 0.6) is 0 Å². The third-order valence-electron chi connectivity index (χ3n) is 2.31. The van der Waals surface area contributed by atoms with E-state index in [1.165, 1.54) is 6.92 Å². The van der Waals surface area contributed by atoms with Crippen molar-refractivity contribution in [3.63, 3.8) is 0 Å². The molecule has 14 heavy (non-hydrogen) atoms. The number of benzene rings is 1. The maximum atomic E-state index is 10.8. The molecule has 0 saturated carbocycles. The number of nitrogens with two attached hydrogens (primary N) is 1. The molecule has 76 valence electrons. The predicted molar refractivity (Wildman–Crippen MR) is 55.1 cm³/mol. The largest absolute Gasteiger partial charge is 0.480 e. The van der Waals surface area contributed by atoms with Crippen LogP contribution in [0, 0.1) is 6.92 Å². The molecule has 1 aromatic rings. The third kappa shape index (κ3) is 2.33. The van der Waals surface area contributed by atoms with Crippen LogP contribution >= 0.6 is 0 Å². The molecular formula is C11H15NO2. The lowest BCUT2D eigenvalue weighted by atomic mass is 9.92. The van der Waals surface area contributed by atoms with Crippen LogP contribution in [0.2, 0.25) is 0 Å². The van der Waals surface area contributed by atoms with Gasteiger partial charge >= 0.3 is 5.97 Å². The predicted octanol–water partition coefficient (Wildman–Crippen LogP) is 1.34. The first-order chi connectivity index (χ1) is 6.43. The Bertz CT molecular complexity index is 345. The van der Waals surface area contributed by atoms with Gasteiger partial charge in [-0.3, -0.25) is 4.79 Å². The number of carboxylic acids is 1. The zero-order valence-corrected chi connectivity index (χ0v) is 8.45. The molecule has 1 aromatic carbocycles. The highest BCUT2D eigenvalue weighted by molar-refractivity contribution is 5.78. The van der Waals surface area contributed by atoms with Gasteiger partial charge in [-0.15, -0.1) is 0 Å². The summed E-state index contributed by atoms with van der Waals surface area (Å²) in [4.78, 5) is 10.8. The van der Waals surface area contributed by atoms with Gasteiger partial charge in [0.2, 0.25) is 0 Å². The topological polar surface area (TPSA) is 63.3 Å². The molecule has 0 aliphatic heterocycles. The van der Waals surface area contributed by atoms with E-state index >= 15 is 0 Å². The minimum atomic E-state index is -1.19. The smallest absolute Gasteiger partial charge is 0.323 e. The van der Waals surface area contributed by atoms with Crippen LogP contribution < -0.4 is 5.73 Å². The van der Waals surface area contributed by atoms with Gasteiger partial charge in [0.1, 0.15) is 5.54 Å². The first-order valence-corrected chi connectivity index (χ1v) is 4.50. The summed E-state index contributed by atoms with van der Waals surface area (Å²) in [5.41, 5.74) is 6.53. The van der Waals surface area contributed by atoms with Crippen molar-refractivity contribution in [2.75, 3.05) is 0 Å². The SMILES string of the molecule is Cc1ccccc1C[C@@](C)(N)C(=O)O. The molecular weight excluding hydrogens is 178 g/mol. The second kappa shape index (κ2) is 3.80. The zero-order chi connectivity index (χ0) is 10.8. The Kier molecular flexibility index (Phi) is 2.91. The van der Waals surface area contributed by atoms with E-state index in [4.69, 9.17) is 10.8 Å². The van der Waals surface area contributed by atoms with Crippen molar-refractivity contribution in [2.45, 2.75) is 25.8 Å². The van der Waals surface area contributed by atoms with E-state index in [1.54, 1.807) is 0 Å². The molecule has 0 aliphatic rings. The van der Waals surface area contributed by atoms with Crippen molar-refractivity contribution in [3.8, 4) is 0 Å². The van der Waals surface area contributed by atoms with E-state index in [0.717, 1.165) is 11.1 Å². The molecule has 0 aliphatic carbocycles. The average molecular weight is 193 g/mol. The second-order valence-corrected chi connectivity index (χ2v) is 3.83. The molecule has 1 atom stereocenters. The van der Waals surface area contributed by atoms with E-state index in [9.17, 15) is 4.79 Å². The van der Waals surface area contributed by atoms with Gasteiger partial charge in [-0.1, -0.05) is 24.3 Å². The minimum Gasteiger partial charge on any atom is -0.480 e. The summed E-state index contributed by atoms with van der Waals surface area (Å²) in [6, 6.07) is 7.67. The van der Waals surface area contributed by atoms with Crippen molar-refractivity contribution >= 4 is 5.97 Å². The number of hydrogen-bond acceptors (Lipinski definition) is 2. The molecule has 0 saturated heterocycles. The van der Waals surface area contributed by atoms with Crippen molar-refractivity contribution in [1.29, 1.82) is 0 Å². The maximum Gasteiger partial charge on any atom is 0.323 e. The van der Waals surface area contributed by atoms with Gasteiger partial charge in [0.05, 0.1) is 0 Å². The summed E-state index contributed by atoms with van der Waals surface area (Å²) in [6.45, 7) is 3.48. The highest BCUT2D eigenvalue weighted by Crippen LogP contribution is 2.14. The monoisotopic (exact) mass is 193 g/mol. The molecule has 3 N–H and O–H groups in total. The fourth-order valence-electron chi connectivity index (χ4n) is 1.28. The van der Waals surface area contributed by atoms with Crippen LogP contribution in [0.1, 0.15) is 18.1 Å². The van der Waals surface area contributed by atoms with E-state index in [0.29, 0.717) is 6.42 Å². The van der Waals surface area contributed by atoms with Crippen LogP contribution in [0.4, 0.5) is 0 Å². The first-order valence-electron chi connectivity index (χ1n) is 4.50. The van der Waals surface area contributed by atoms with Gasteiger partial charge in [0.25, 0.3) is 0 Å². The van der Waals surface area contributed by atoms with Gasteiger partial charge < -0.3 is 10.8 Å². The third-order valence-corrected chi connectivity index (χ3v) is 2.31. The Hall–Kier alpha value is -1.35. The highest BCUT2D eigenvalue weighted by atomic mass is 16.4. The number of rotatable bonds is 3. The summed E-state index contributed by atoms with van der Waals surface area (Å²) in [6.07, 6.45) is 0.356. The number of hydrogen-bond donors (Lipinski definition) is 2. The summed E-state index contributed by atoms with van der Waals surface area (Å²) in [5, 5.41) is 8.87. The zero-order valence-electron chi connectivity index (χ0n) is 8.45. The Morgan fingerprint density at radius 3 is 2.57 bits per heavy atom. The summed E-state index contributed by atoms with van der Waals surface area (Å²) >= 11 is 0. The Labute approximate surface area is 83.6 Å². The fourth-order valence-corrected chi connectivity index (χ4v) is 1.28. The lowest BCUT2D eigenvalue weighted by Crippen LogP contribution is -2.46. The number of aliphatic carboxylic acids is 1.